The molecule has 182 valence electrons. The minimum Gasteiger partial charge on any atom is -0.494 e. The molecule has 0 heterocycles. The van der Waals surface area contributed by atoms with Crippen molar-refractivity contribution >= 4 is 0 Å². The Morgan fingerprint density at radius 3 is 1.81 bits per heavy atom. The highest BCUT2D eigenvalue weighted by atomic mass is 19.2. The van der Waals surface area contributed by atoms with Crippen LogP contribution < -0.4 is 9.47 Å². The van der Waals surface area contributed by atoms with Crippen LogP contribution in [0.2, 0.25) is 0 Å². The predicted octanol–water partition coefficient (Wildman–Crippen LogP) is 8.01. The summed E-state index contributed by atoms with van der Waals surface area (Å²) in [5.74, 6) is 8.74. The lowest BCUT2D eigenvalue weighted by Crippen LogP contribution is -1.97. The lowest BCUT2D eigenvalue weighted by molar-refractivity contribution is 0.304. The van der Waals surface area contributed by atoms with Gasteiger partial charge >= 0.3 is 0 Å². The van der Waals surface area contributed by atoms with Gasteiger partial charge in [-0.3, -0.25) is 0 Å². The molecule has 3 aromatic rings. The van der Waals surface area contributed by atoms with Gasteiger partial charge in [0.05, 0.1) is 6.61 Å². The second-order valence-corrected chi connectivity index (χ2v) is 8.18. The maximum absolute atomic E-state index is 15.0. The lowest BCUT2D eigenvalue weighted by Gasteiger charge is -2.11. The number of hydrogen-bond acceptors (Lipinski definition) is 2. The molecule has 2 nitrogen and oxygen atoms in total. The minimum absolute atomic E-state index is 0.160. The average Bonchev–Trinajstić information content (AvgIpc) is 2.90. The van der Waals surface area contributed by atoms with Crippen LogP contribution in [0.1, 0.15) is 45.4 Å². The maximum atomic E-state index is 15.0. The average molecular weight is 483 g/mol. The van der Waals surface area contributed by atoms with Crippen LogP contribution in [0.4, 0.5) is 8.78 Å². The summed E-state index contributed by atoms with van der Waals surface area (Å²) in [5.41, 5.74) is 1.46. The van der Waals surface area contributed by atoms with Crippen molar-refractivity contribution in [3.63, 3.8) is 0 Å². The van der Waals surface area contributed by atoms with Gasteiger partial charge in [0.2, 0.25) is 0 Å². The number of terminal acetylenes is 1. The monoisotopic (exact) mass is 482 g/mol. The minimum atomic E-state index is -0.908. The van der Waals surface area contributed by atoms with E-state index in [4.69, 9.17) is 15.9 Å². The lowest BCUT2D eigenvalue weighted by atomic mass is 9.98. The SMILES string of the molecule is C#CC#CC#COc1ccc(-c2ccc(-c3ccc(OCCCCCCCC)cc3)c(F)c2F)cc1. The van der Waals surface area contributed by atoms with Crippen LogP contribution in [0.5, 0.6) is 11.5 Å². The Hall–Kier alpha value is -4.20. The molecule has 0 saturated carbocycles. The van der Waals surface area contributed by atoms with Crippen LogP contribution in [0.3, 0.4) is 0 Å². The molecule has 3 rings (SSSR count). The van der Waals surface area contributed by atoms with Crippen LogP contribution in [-0.4, -0.2) is 6.61 Å². The van der Waals surface area contributed by atoms with Gasteiger partial charge in [-0.25, -0.2) is 8.78 Å². The third kappa shape index (κ3) is 7.66. The van der Waals surface area contributed by atoms with Crippen LogP contribution in [0.25, 0.3) is 22.3 Å². The van der Waals surface area contributed by atoms with Crippen molar-refractivity contribution in [1.29, 1.82) is 0 Å². The molecule has 0 aromatic heterocycles. The summed E-state index contributed by atoms with van der Waals surface area (Å²) in [4.78, 5) is 0. The van der Waals surface area contributed by atoms with E-state index in [2.05, 4.69) is 36.7 Å². The van der Waals surface area contributed by atoms with E-state index in [1.54, 1.807) is 60.7 Å². The van der Waals surface area contributed by atoms with Crippen molar-refractivity contribution in [2.45, 2.75) is 45.4 Å². The Balaban J connectivity index is 1.62. The molecule has 4 heteroatoms. The molecule has 0 aliphatic heterocycles. The number of ether oxygens (including phenoxy) is 2. The fourth-order valence-electron chi connectivity index (χ4n) is 3.68. The van der Waals surface area contributed by atoms with E-state index < -0.39 is 11.6 Å². The van der Waals surface area contributed by atoms with Gasteiger partial charge in [0, 0.05) is 23.0 Å². The Bertz CT molecular complexity index is 1300. The van der Waals surface area contributed by atoms with E-state index in [-0.39, 0.29) is 11.1 Å². The molecule has 0 N–H and O–H groups in total. The Labute approximate surface area is 212 Å². The Morgan fingerprint density at radius 2 is 1.22 bits per heavy atom. The number of unbranched alkanes of at least 4 members (excludes halogenated alkanes) is 5. The largest absolute Gasteiger partial charge is 0.494 e. The van der Waals surface area contributed by atoms with Gasteiger partial charge < -0.3 is 9.47 Å². The molecule has 0 saturated heterocycles. The van der Waals surface area contributed by atoms with Crippen molar-refractivity contribution in [3.8, 4) is 70.0 Å². The van der Waals surface area contributed by atoms with Gasteiger partial charge in [0.25, 0.3) is 0 Å². The van der Waals surface area contributed by atoms with E-state index in [1.807, 2.05) is 0 Å². The number of halogens is 2. The number of benzene rings is 3. The smallest absolute Gasteiger partial charge is 0.167 e. The van der Waals surface area contributed by atoms with Gasteiger partial charge in [-0.2, -0.15) is 0 Å². The topological polar surface area (TPSA) is 18.5 Å². The molecule has 0 unspecified atom stereocenters. The Morgan fingerprint density at radius 1 is 0.667 bits per heavy atom. The third-order valence-electron chi connectivity index (χ3n) is 5.60. The maximum Gasteiger partial charge on any atom is 0.167 e. The molecule has 0 aliphatic carbocycles. The van der Waals surface area contributed by atoms with Crippen LogP contribution in [0, 0.1) is 47.8 Å². The summed E-state index contributed by atoms with van der Waals surface area (Å²) in [6.07, 6.45) is 14.6. The number of rotatable bonds is 11. The van der Waals surface area contributed by atoms with E-state index in [0.717, 1.165) is 18.6 Å². The zero-order valence-corrected chi connectivity index (χ0v) is 20.4. The second kappa shape index (κ2) is 14.3. The van der Waals surface area contributed by atoms with Crippen molar-refractivity contribution in [2.24, 2.45) is 0 Å². The van der Waals surface area contributed by atoms with Gasteiger partial charge in [0.15, 0.2) is 11.6 Å². The zero-order valence-electron chi connectivity index (χ0n) is 20.4. The van der Waals surface area contributed by atoms with Gasteiger partial charge in [-0.15, -0.1) is 6.42 Å². The first-order chi connectivity index (χ1) is 17.6. The highest BCUT2D eigenvalue weighted by Gasteiger charge is 2.16. The van der Waals surface area contributed by atoms with E-state index in [0.29, 0.717) is 23.5 Å². The molecule has 0 amide bonds. The molecular formula is C32H28F2O2. The van der Waals surface area contributed by atoms with Crippen molar-refractivity contribution in [1.82, 2.24) is 0 Å². The summed E-state index contributed by atoms with van der Waals surface area (Å²) in [5, 5.41) is 0. The van der Waals surface area contributed by atoms with Gasteiger partial charge in [-0.1, -0.05) is 75.4 Å². The van der Waals surface area contributed by atoms with Gasteiger partial charge in [-0.05, 0) is 53.7 Å². The summed E-state index contributed by atoms with van der Waals surface area (Å²) >= 11 is 0. The molecule has 0 aliphatic rings. The normalized spacial score (nSPS) is 9.83. The zero-order chi connectivity index (χ0) is 25.6. The van der Waals surface area contributed by atoms with E-state index in [1.165, 1.54) is 25.7 Å². The van der Waals surface area contributed by atoms with Crippen LogP contribution in [-0.2, 0) is 0 Å². The van der Waals surface area contributed by atoms with Crippen LogP contribution >= 0.6 is 0 Å². The molecule has 0 fully saturated rings. The van der Waals surface area contributed by atoms with Crippen molar-refractivity contribution < 1.29 is 18.3 Å². The first-order valence-corrected chi connectivity index (χ1v) is 12.1. The third-order valence-corrected chi connectivity index (χ3v) is 5.60. The second-order valence-electron chi connectivity index (χ2n) is 8.18. The molecule has 0 bridgehead atoms. The van der Waals surface area contributed by atoms with E-state index >= 15 is 0 Å². The molecule has 0 atom stereocenters. The molecule has 36 heavy (non-hydrogen) atoms. The van der Waals surface area contributed by atoms with E-state index in [9.17, 15) is 8.78 Å². The Kier molecular flexibility index (Phi) is 10.5. The molecular weight excluding hydrogens is 454 g/mol. The fraction of sp³-hybridized carbons (Fsp3) is 0.250. The standard InChI is InChI=1S/C32H28F2O2/c1-3-5-7-9-10-12-24-36-28-19-15-26(16-20-28)30-22-21-29(31(33)32(30)34)25-13-17-27(18-14-25)35-23-11-8-6-4-2/h2,13-22H,3,5,7,9-10,12,24H2,1H3. The summed E-state index contributed by atoms with van der Waals surface area (Å²) in [7, 11) is 0. The fourth-order valence-corrected chi connectivity index (χ4v) is 3.68. The summed E-state index contributed by atoms with van der Waals surface area (Å²) < 4.78 is 41.0. The highest BCUT2D eigenvalue weighted by molar-refractivity contribution is 5.72. The molecule has 0 radical (unpaired) electrons. The van der Waals surface area contributed by atoms with Crippen LogP contribution in [0.15, 0.2) is 60.7 Å². The molecule has 0 spiro atoms. The first-order valence-electron chi connectivity index (χ1n) is 12.1. The quantitative estimate of drug-likeness (QED) is 0.204. The van der Waals surface area contributed by atoms with Gasteiger partial charge in [0.1, 0.15) is 17.6 Å². The predicted molar refractivity (Wildman–Crippen MR) is 141 cm³/mol. The summed E-state index contributed by atoms with van der Waals surface area (Å²) in [6.45, 7) is 2.86. The summed E-state index contributed by atoms with van der Waals surface area (Å²) in [6, 6.07) is 16.7. The molecule has 3 aromatic carbocycles. The van der Waals surface area contributed by atoms with Crippen molar-refractivity contribution in [2.75, 3.05) is 6.61 Å². The highest BCUT2D eigenvalue weighted by Crippen LogP contribution is 2.33. The number of hydrogen-bond donors (Lipinski definition) is 0. The van der Waals surface area contributed by atoms with Crippen molar-refractivity contribution in [3.05, 3.63) is 72.3 Å². The first kappa shape index (κ1) is 26.4.